The summed E-state index contributed by atoms with van der Waals surface area (Å²) >= 11 is 0. The second kappa shape index (κ2) is 5.32. The Morgan fingerprint density at radius 3 is 2.61 bits per heavy atom. The van der Waals surface area contributed by atoms with E-state index in [9.17, 15) is 4.79 Å². The third-order valence-corrected chi connectivity index (χ3v) is 5.83. The van der Waals surface area contributed by atoms with Gasteiger partial charge in [-0.1, -0.05) is 13.0 Å². The van der Waals surface area contributed by atoms with Crippen molar-refractivity contribution in [2.24, 2.45) is 11.3 Å². The molecule has 1 aromatic rings. The van der Waals surface area contributed by atoms with E-state index in [0.717, 1.165) is 17.9 Å². The van der Waals surface area contributed by atoms with Crippen LogP contribution in [0.1, 0.15) is 37.7 Å². The number of rotatable bonds is 4. The minimum absolute atomic E-state index is 0.0924. The minimum atomic E-state index is -0.0924. The van der Waals surface area contributed by atoms with E-state index in [2.05, 4.69) is 29.7 Å². The summed E-state index contributed by atoms with van der Waals surface area (Å²) in [4.78, 5) is 11.2. The third kappa shape index (κ3) is 2.62. The van der Waals surface area contributed by atoms with Crippen molar-refractivity contribution in [1.82, 2.24) is 10.6 Å². The molecule has 2 N–H and O–H groups in total. The Kier molecular flexibility index (Phi) is 3.39. The van der Waals surface area contributed by atoms with Gasteiger partial charge in [0.2, 0.25) is 0 Å². The molecule has 5 heteroatoms. The van der Waals surface area contributed by atoms with E-state index in [1.54, 1.807) is 7.11 Å². The van der Waals surface area contributed by atoms with Crippen LogP contribution in [0.15, 0.2) is 18.2 Å². The fourth-order valence-electron chi connectivity index (χ4n) is 4.13. The first-order valence-corrected chi connectivity index (χ1v) is 8.45. The van der Waals surface area contributed by atoms with Gasteiger partial charge in [0.25, 0.3) is 0 Å². The molecular weight excluding hydrogens is 292 g/mol. The standard InChI is InChI=1S/C18H24N2O3/c1-18-6-5-14(13(18)8-18)23-16-7-11(3-4-15(16)22-2)12-9-19-17(21)20-10-12/h3-4,7,12-14H,5-6,8-10H2,1-2H3,(H2,19,20,21)/t13-,14+,18?/m1/s1. The van der Waals surface area contributed by atoms with Crippen LogP contribution in [0.25, 0.3) is 0 Å². The number of carbonyl (C=O) groups excluding carboxylic acids is 1. The highest BCUT2D eigenvalue weighted by molar-refractivity contribution is 5.75. The van der Waals surface area contributed by atoms with Crippen molar-refractivity contribution in [3.05, 3.63) is 23.8 Å². The second-order valence-electron chi connectivity index (χ2n) is 7.36. The minimum Gasteiger partial charge on any atom is -0.493 e. The Hall–Kier alpha value is -1.91. The summed E-state index contributed by atoms with van der Waals surface area (Å²) in [6.07, 6.45) is 4.00. The van der Waals surface area contributed by atoms with E-state index in [4.69, 9.17) is 9.47 Å². The van der Waals surface area contributed by atoms with Gasteiger partial charge in [-0.25, -0.2) is 4.79 Å². The van der Waals surface area contributed by atoms with Crippen LogP contribution >= 0.6 is 0 Å². The molecular formula is C18H24N2O3. The van der Waals surface area contributed by atoms with Gasteiger partial charge in [-0.3, -0.25) is 0 Å². The average Bonchev–Trinajstić information content (AvgIpc) is 3.14. The van der Waals surface area contributed by atoms with Gasteiger partial charge in [-0.15, -0.1) is 0 Å². The molecule has 3 fully saturated rings. The number of hydrogen-bond acceptors (Lipinski definition) is 3. The van der Waals surface area contributed by atoms with Gasteiger partial charge in [0.15, 0.2) is 11.5 Å². The maximum Gasteiger partial charge on any atom is 0.314 e. The van der Waals surface area contributed by atoms with Crippen molar-refractivity contribution in [2.45, 2.75) is 38.2 Å². The molecule has 23 heavy (non-hydrogen) atoms. The monoisotopic (exact) mass is 316 g/mol. The van der Waals surface area contributed by atoms with Crippen LogP contribution in [-0.4, -0.2) is 32.3 Å². The zero-order chi connectivity index (χ0) is 16.0. The first-order chi connectivity index (χ1) is 11.1. The number of amides is 2. The van der Waals surface area contributed by atoms with E-state index < -0.39 is 0 Å². The quantitative estimate of drug-likeness (QED) is 0.898. The molecule has 5 nitrogen and oxygen atoms in total. The van der Waals surface area contributed by atoms with Crippen LogP contribution in [0.2, 0.25) is 0 Å². The van der Waals surface area contributed by atoms with E-state index in [0.29, 0.717) is 30.5 Å². The van der Waals surface area contributed by atoms with Crippen molar-refractivity contribution in [3.8, 4) is 11.5 Å². The molecule has 0 bridgehead atoms. The molecule has 3 atom stereocenters. The van der Waals surface area contributed by atoms with Gasteiger partial charge in [0.1, 0.15) is 6.10 Å². The van der Waals surface area contributed by atoms with Crippen LogP contribution in [-0.2, 0) is 0 Å². The molecule has 1 unspecified atom stereocenters. The Bertz CT molecular complexity index is 623. The predicted molar refractivity (Wildman–Crippen MR) is 87.0 cm³/mol. The molecule has 1 saturated heterocycles. The van der Waals surface area contributed by atoms with Gasteiger partial charge in [-0.2, -0.15) is 0 Å². The Morgan fingerprint density at radius 1 is 1.22 bits per heavy atom. The van der Waals surface area contributed by atoms with E-state index in [-0.39, 0.29) is 11.9 Å². The predicted octanol–water partition coefficient (Wildman–Crippen LogP) is 2.66. The first kappa shape index (κ1) is 14.7. The van der Waals surface area contributed by atoms with Crippen molar-refractivity contribution in [1.29, 1.82) is 0 Å². The summed E-state index contributed by atoms with van der Waals surface area (Å²) in [5.41, 5.74) is 1.69. The molecule has 4 rings (SSSR count). The average molecular weight is 316 g/mol. The number of urea groups is 1. The highest BCUT2D eigenvalue weighted by Crippen LogP contribution is 2.64. The lowest BCUT2D eigenvalue weighted by Gasteiger charge is -2.25. The summed E-state index contributed by atoms with van der Waals surface area (Å²) in [6.45, 7) is 3.68. The molecule has 1 aromatic carbocycles. The normalized spacial score (nSPS) is 32.7. The fourth-order valence-corrected chi connectivity index (χ4v) is 4.13. The number of methoxy groups -OCH3 is 1. The number of nitrogens with one attached hydrogen (secondary N) is 2. The van der Waals surface area contributed by atoms with Crippen LogP contribution in [0.4, 0.5) is 4.79 Å². The van der Waals surface area contributed by atoms with Crippen LogP contribution < -0.4 is 20.1 Å². The second-order valence-corrected chi connectivity index (χ2v) is 7.36. The molecule has 2 aliphatic carbocycles. The van der Waals surface area contributed by atoms with Crippen molar-refractivity contribution >= 4 is 6.03 Å². The Balaban J connectivity index is 1.53. The molecule has 1 heterocycles. The van der Waals surface area contributed by atoms with Gasteiger partial charge in [-0.05, 0) is 42.4 Å². The molecule has 0 aromatic heterocycles. The highest BCUT2D eigenvalue weighted by Gasteiger charge is 2.59. The number of benzene rings is 1. The smallest absolute Gasteiger partial charge is 0.314 e. The topological polar surface area (TPSA) is 59.6 Å². The van der Waals surface area contributed by atoms with Crippen LogP contribution in [0.5, 0.6) is 11.5 Å². The van der Waals surface area contributed by atoms with Crippen molar-refractivity contribution < 1.29 is 14.3 Å². The zero-order valence-corrected chi connectivity index (χ0v) is 13.7. The number of hydrogen-bond donors (Lipinski definition) is 2. The maximum absolute atomic E-state index is 11.2. The fraction of sp³-hybridized carbons (Fsp3) is 0.611. The van der Waals surface area contributed by atoms with Gasteiger partial charge in [0.05, 0.1) is 7.11 Å². The molecule has 1 aliphatic heterocycles. The van der Waals surface area contributed by atoms with E-state index in [1.165, 1.54) is 18.4 Å². The largest absolute Gasteiger partial charge is 0.493 e. The summed E-state index contributed by atoms with van der Waals surface area (Å²) in [5.74, 6) is 2.58. The lowest BCUT2D eigenvalue weighted by molar-refractivity contribution is 0.177. The molecule has 0 radical (unpaired) electrons. The zero-order valence-electron chi connectivity index (χ0n) is 13.7. The Morgan fingerprint density at radius 2 is 2.00 bits per heavy atom. The molecule has 2 amide bonds. The SMILES string of the molecule is COc1ccc(C2CNC(=O)NC2)cc1O[C@H]1CCC2(C)C[C@H]12. The number of fused-ring (bicyclic) bond motifs is 1. The maximum atomic E-state index is 11.2. The number of carbonyl (C=O) groups is 1. The van der Waals surface area contributed by atoms with Crippen LogP contribution in [0.3, 0.4) is 0 Å². The summed E-state index contributed by atoms with van der Waals surface area (Å²) in [7, 11) is 1.68. The lowest BCUT2D eigenvalue weighted by atomic mass is 9.97. The Labute approximate surface area is 136 Å². The first-order valence-electron chi connectivity index (χ1n) is 8.45. The molecule has 124 valence electrons. The van der Waals surface area contributed by atoms with Gasteiger partial charge >= 0.3 is 6.03 Å². The molecule has 2 saturated carbocycles. The van der Waals surface area contributed by atoms with E-state index in [1.807, 2.05) is 6.07 Å². The van der Waals surface area contributed by atoms with Gasteiger partial charge < -0.3 is 20.1 Å². The molecule has 3 aliphatic rings. The van der Waals surface area contributed by atoms with Crippen molar-refractivity contribution in [3.63, 3.8) is 0 Å². The van der Waals surface area contributed by atoms with Crippen molar-refractivity contribution in [2.75, 3.05) is 20.2 Å². The van der Waals surface area contributed by atoms with E-state index >= 15 is 0 Å². The summed E-state index contributed by atoms with van der Waals surface area (Å²) in [5, 5.41) is 5.70. The van der Waals surface area contributed by atoms with Crippen LogP contribution in [0, 0.1) is 11.3 Å². The highest BCUT2D eigenvalue weighted by atomic mass is 16.5. The third-order valence-electron chi connectivity index (χ3n) is 5.83. The molecule has 0 spiro atoms. The van der Waals surface area contributed by atoms with Gasteiger partial charge in [0, 0.05) is 24.9 Å². The summed E-state index contributed by atoms with van der Waals surface area (Å²) in [6, 6.07) is 6.03. The lowest BCUT2D eigenvalue weighted by Crippen LogP contribution is -2.47. The summed E-state index contributed by atoms with van der Waals surface area (Å²) < 4.78 is 11.8. The number of ether oxygens (including phenoxy) is 2.